The summed E-state index contributed by atoms with van der Waals surface area (Å²) in [6, 6.07) is 0. The van der Waals surface area contributed by atoms with Crippen molar-refractivity contribution in [1.82, 2.24) is 20.9 Å². The van der Waals surface area contributed by atoms with Crippen molar-refractivity contribution in [2.45, 2.75) is 49.9 Å². The highest BCUT2D eigenvalue weighted by Gasteiger charge is 2.43. The number of nitrogens with one attached hydrogen (secondary N) is 3. The molecule has 1 rings (SSSR count). The van der Waals surface area contributed by atoms with E-state index in [1.165, 1.54) is 0 Å². The normalized spacial score (nSPS) is 24.5. The van der Waals surface area contributed by atoms with E-state index in [4.69, 9.17) is 4.74 Å². The van der Waals surface area contributed by atoms with Crippen LogP contribution in [0, 0.1) is 0 Å². The van der Waals surface area contributed by atoms with Crippen molar-refractivity contribution >= 4 is 17.7 Å². The zero-order valence-corrected chi connectivity index (χ0v) is 18.7. The number of hydrogen-bond acceptors (Lipinski definition) is 9. The summed E-state index contributed by atoms with van der Waals surface area (Å²) in [7, 11) is 0. The molecule has 1 aliphatic heterocycles. The van der Waals surface area contributed by atoms with E-state index in [0.29, 0.717) is 39.0 Å². The molecule has 0 bridgehead atoms. The summed E-state index contributed by atoms with van der Waals surface area (Å²) < 4.78 is 5.36. The number of aliphatic hydroxyl groups is 4. The van der Waals surface area contributed by atoms with Crippen LogP contribution in [0.2, 0.25) is 0 Å². The fourth-order valence-electron chi connectivity index (χ4n) is 3.22. The molecule has 5 unspecified atom stereocenters. The van der Waals surface area contributed by atoms with E-state index in [1.807, 2.05) is 0 Å². The minimum absolute atomic E-state index is 0.0487. The van der Waals surface area contributed by atoms with Gasteiger partial charge in [-0.2, -0.15) is 0 Å². The summed E-state index contributed by atoms with van der Waals surface area (Å²) in [5.74, 6) is -0.801. The average Bonchev–Trinajstić information content (AvgIpc) is 2.82. The highest BCUT2D eigenvalue weighted by Crippen LogP contribution is 2.19. The average molecular weight is 473 g/mol. The highest BCUT2D eigenvalue weighted by molar-refractivity contribution is 5.87. The van der Waals surface area contributed by atoms with Crippen molar-refractivity contribution in [1.29, 1.82) is 0 Å². The van der Waals surface area contributed by atoms with Gasteiger partial charge in [0.05, 0.1) is 6.61 Å². The Morgan fingerprint density at radius 2 is 1.42 bits per heavy atom. The van der Waals surface area contributed by atoms with Gasteiger partial charge in [0.2, 0.25) is 17.7 Å². The van der Waals surface area contributed by atoms with Crippen molar-refractivity contribution in [2.24, 2.45) is 0 Å². The lowest BCUT2D eigenvalue weighted by Gasteiger charge is -2.40. The Morgan fingerprint density at radius 1 is 0.879 bits per heavy atom. The Balaban J connectivity index is 2.54. The van der Waals surface area contributed by atoms with Gasteiger partial charge in [-0.3, -0.25) is 19.7 Å². The SMILES string of the molecule is C=CC(=O)NCCCN(CCCNC(=O)C=C)C(=O)CCNC1OC(CO)C(O)C(O)C1O. The minimum Gasteiger partial charge on any atom is -0.394 e. The number of rotatable bonds is 15. The molecule has 3 amide bonds. The van der Waals surface area contributed by atoms with Gasteiger partial charge in [0, 0.05) is 39.1 Å². The van der Waals surface area contributed by atoms with E-state index < -0.39 is 37.3 Å². The van der Waals surface area contributed by atoms with E-state index in [2.05, 4.69) is 29.1 Å². The molecule has 1 fully saturated rings. The number of carbonyl (C=O) groups excluding carboxylic acids is 3. The number of carbonyl (C=O) groups is 3. The Hall–Kier alpha value is -2.35. The van der Waals surface area contributed by atoms with Gasteiger partial charge >= 0.3 is 0 Å². The third-order valence-corrected chi connectivity index (χ3v) is 5.11. The van der Waals surface area contributed by atoms with E-state index in [9.17, 15) is 34.8 Å². The Bertz CT molecular complexity index is 632. The van der Waals surface area contributed by atoms with Crippen LogP contribution in [0.25, 0.3) is 0 Å². The molecule has 188 valence electrons. The van der Waals surface area contributed by atoms with Gasteiger partial charge in [-0.1, -0.05) is 13.2 Å². The second-order valence-corrected chi connectivity index (χ2v) is 7.53. The smallest absolute Gasteiger partial charge is 0.243 e. The fourth-order valence-corrected chi connectivity index (χ4v) is 3.22. The molecule has 0 aromatic carbocycles. The van der Waals surface area contributed by atoms with Crippen LogP contribution < -0.4 is 16.0 Å². The van der Waals surface area contributed by atoms with E-state index in [1.54, 1.807) is 4.90 Å². The Labute approximate surface area is 193 Å². The Kier molecular flexibility index (Phi) is 13.5. The van der Waals surface area contributed by atoms with Gasteiger partial charge in [0.15, 0.2) is 0 Å². The molecule has 0 aromatic heterocycles. The van der Waals surface area contributed by atoms with Crippen LogP contribution in [0.5, 0.6) is 0 Å². The standard InChI is InChI=1S/C21H36N4O8/c1-3-15(27)22-8-5-11-25(12-6-9-23-16(28)4-2)17(29)7-10-24-21-20(32)19(31)18(30)14(13-26)33-21/h3-4,14,18-21,24,26,30-32H,1-2,5-13H2,(H,22,27)(H,23,28). The van der Waals surface area contributed by atoms with Crippen molar-refractivity contribution in [2.75, 3.05) is 39.3 Å². The first kappa shape index (κ1) is 28.7. The molecule has 1 heterocycles. The molecule has 12 heteroatoms. The molecule has 7 N–H and O–H groups in total. The van der Waals surface area contributed by atoms with Gasteiger partial charge in [-0.25, -0.2) is 0 Å². The summed E-state index contributed by atoms with van der Waals surface area (Å²) in [5, 5.41) is 47.1. The number of hydrogen-bond donors (Lipinski definition) is 7. The number of nitrogens with zero attached hydrogens (tertiary/aromatic N) is 1. The third kappa shape index (κ3) is 9.98. The molecular weight excluding hydrogens is 436 g/mol. The quantitative estimate of drug-likeness (QED) is 0.0964. The minimum atomic E-state index is -1.50. The molecule has 0 aliphatic carbocycles. The molecule has 33 heavy (non-hydrogen) atoms. The lowest BCUT2D eigenvalue weighted by molar-refractivity contribution is -0.236. The lowest BCUT2D eigenvalue weighted by atomic mass is 9.98. The maximum atomic E-state index is 12.7. The Morgan fingerprint density at radius 3 is 1.91 bits per heavy atom. The zero-order valence-electron chi connectivity index (χ0n) is 18.7. The first-order valence-electron chi connectivity index (χ1n) is 10.9. The molecule has 5 atom stereocenters. The third-order valence-electron chi connectivity index (χ3n) is 5.11. The van der Waals surface area contributed by atoms with Gasteiger partial charge < -0.3 is 40.7 Å². The van der Waals surface area contributed by atoms with E-state index in [-0.39, 0.29) is 30.7 Å². The highest BCUT2D eigenvalue weighted by atomic mass is 16.6. The van der Waals surface area contributed by atoms with Crippen LogP contribution in [0.4, 0.5) is 0 Å². The first-order valence-corrected chi connectivity index (χ1v) is 10.9. The number of amides is 3. The number of ether oxygens (including phenoxy) is 1. The summed E-state index contributed by atoms with van der Waals surface area (Å²) in [6.07, 6.45) is -3.08. The molecule has 0 aromatic rings. The van der Waals surface area contributed by atoms with Crippen LogP contribution in [-0.2, 0) is 19.1 Å². The predicted octanol–water partition coefficient (Wildman–Crippen LogP) is -3.02. The molecule has 0 radical (unpaired) electrons. The second kappa shape index (κ2) is 15.5. The van der Waals surface area contributed by atoms with Crippen LogP contribution in [0.1, 0.15) is 19.3 Å². The molecule has 1 saturated heterocycles. The molecule has 12 nitrogen and oxygen atoms in total. The van der Waals surface area contributed by atoms with Gasteiger partial charge in [-0.15, -0.1) is 0 Å². The predicted molar refractivity (Wildman–Crippen MR) is 119 cm³/mol. The summed E-state index contributed by atoms with van der Waals surface area (Å²) in [4.78, 5) is 36.8. The largest absolute Gasteiger partial charge is 0.394 e. The van der Waals surface area contributed by atoms with Crippen molar-refractivity contribution in [3.8, 4) is 0 Å². The maximum absolute atomic E-state index is 12.7. The monoisotopic (exact) mass is 472 g/mol. The fraction of sp³-hybridized carbons (Fsp3) is 0.667. The topological polar surface area (TPSA) is 181 Å². The van der Waals surface area contributed by atoms with Gasteiger partial charge in [-0.05, 0) is 25.0 Å². The second-order valence-electron chi connectivity index (χ2n) is 7.53. The molecular formula is C21H36N4O8. The van der Waals surface area contributed by atoms with Gasteiger partial charge in [0.25, 0.3) is 0 Å². The van der Waals surface area contributed by atoms with Crippen LogP contribution >= 0.6 is 0 Å². The van der Waals surface area contributed by atoms with Crippen molar-refractivity contribution < 1.29 is 39.5 Å². The van der Waals surface area contributed by atoms with Crippen LogP contribution in [-0.4, -0.2) is 113 Å². The first-order chi connectivity index (χ1) is 15.7. The lowest BCUT2D eigenvalue weighted by Crippen LogP contribution is -2.62. The maximum Gasteiger partial charge on any atom is 0.243 e. The summed E-state index contributed by atoms with van der Waals surface area (Å²) in [6.45, 7) is 7.81. The van der Waals surface area contributed by atoms with Crippen LogP contribution in [0.15, 0.2) is 25.3 Å². The van der Waals surface area contributed by atoms with E-state index in [0.717, 1.165) is 12.2 Å². The molecule has 1 aliphatic rings. The number of aliphatic hydroxyl groups excluding tert-OH is 4. The molecule has 0 saturated carbocycles. The summed E-state index contributed by atoms with van der Waals surface area (Å²) in [5.41, 5.74) is 0. The zero-order chi connectivity index (χ0) is 24.8. The van der Waals surface area contributed by atoms with E-state index >= 15 is 0 Å². The van der Waals surface area contributed by atoms with Crippen molar-refractivity contribution in [3.63, 3.8) is 0 Å². The molecule has 0 spiro atoms. The summed E-state index contributed by atoms with van der Waals surface area (Å²) >= 11 is 0. The van der Waals surface area contributed by atoms with Crippen LogP contribution in [0.3, 0.4) is 0 Å². The van der Waals surface area contributed by atoms with Gasteiger partial charge in [0.1, 0.15) is 30.6 Å². The van der Waals surface area contributed by atoms with Crippen molar-refractivity contribution in [3.05, 3.63) is 25.3 Å².